The smallest absolute Gasteiger partial charge is 0.307 e. The number of rotatable bonds is 4. The third kappa shape index (κ3) is 3.36. The fourth-order valence-electron chi connectivity index (χ4n) is 1.99. The van der Waals surface area contributed by atoms with Crippen molar-refractivity contribution < 1.29 is 27.5 Å². The Morgan fingerprint density at radius 3 is 2.33 bits per heavy atom. The van der Waals surface area contributed by atoms with E-state index in [1.165, 1.54) is 0 Å². The van der Waals surface area contributed by atoms with Gasteiger partial charge in [-0.05, 0) is 23.8 Å². The molecular weight excluding hydrogens is 290 g/mol. The van der Waals surface area contributed by atoms with Gasteiger partial charge in [0.15, 0.2) is 0 Å². The normalized spacial score (nSPS) is 10.9. The molecule has 0 saturated carbocycles. The lowest BCUT2D eigenvalue weighted by Gasteiger charge is -2.12. The van der Waals surface area contributed by atoms with Crippen LogP contribution in [0, 0.1) is 11.6 Å². The zero-order valence-corrected chi connectivity index (χ0v) is 10.5. The summed E-state index contributed by atoms with van der Waals surface area (Å²) in [5, 5.41) is 8.74. The highest BCUT2D eigenvalue weighted by Gasteiger charge is 2.22. The summed E-state index contributed by atoms with van der Waals surface area (Å²) in [6.07, 6.45) is -2.52. The summed E-state index contributed by atoms with van der Waals surface area (Å²) >= 11 is 0. The van der Waals surface area contributed by atoms with Gasteiger partial charge in [-0.15, -0.1) is 0 Å². The van der Waals surface area contributed by atoms with Crippen molar-refractivity contribution in [2.75, 3.05) is 0 Å². The fourth-order valence-corrected chi connectivity index (χ4v) is 1.99. The monoisotopic (exact) mass is 299 g/mol. The summed E-state index contributed by atoms with van der Waals surface area (Å²) < 4.78 is 52.8. The minimum absolute atomic E-state index is 0.146. The van der Waals surface area contributed by atoms with Gasteiger partial charge >= 0.3 is 5.97 Å². The molecule has 21 heavy (non-hydrogen) atoms. The van der Waals surface area contributed by atoms with Crippen LogP contribution in [0.5, 0.6) is 0 Å². The summed E-state index contributed by atoms with van der Waals surface area (Å²) in [5.74, 6) is -3.16. The molecule has 3 nitrogen and oxygen atoms in total. The molecule has 0 saturated heterocycles. The average Bonchev–Trinajstić information content (AvgIpc) is 2.36. The average molecular weight is 299 g/mol. The molecule has 0 bridgehead atoms. The van der Waals surface area contributed by atoms with E-state index in [9.17, 15) is 22.4 Å². The van der Waals surface area contributed by atoms with Crippen molar-refractivity contribution in [2.24, 2.45) is 0 Å². The Balaban J connectivity index is 2.65. The molecule has 0 atom stereocenters. The Kier molecular flexibility index (Phi) is 4.21. The Bertz CT molecular complexity index is 668. The molecule has 0 fully saturated rings. The van der Waals surface area contributed by atoms with Crippen molar-refractivity contribution >= 4 is 5.97 Å². The first-order chi connectivity index (χ1) is 9.88. The van der Waals surface area contributed by atoms with Gasteiger partial charge in [0.2, 0.25) is 0 Å². The second-order valence-electron chi connectivity index (χ2n) is 4.26. The highest BCUT2D eigenvalue weighted by Crippen LogP contribution is 2.33. The quantitative estimate of drug-likeness (QED) is 0.878. The van der Waals surface area contributed by atoms with E-state index in [4.69, 9.17) is 5.11 Å². The SMILES string of the molecule is O=C(O)Cc1ccnc(-c2cc(F)cc(F)c2)c1C(F)F. The van der Waals surface area contributed by atoms with Crippen LogP contribution in [0.4, 0.5) is 17.6 Å². The Morgan fingerprint density at radius 1 is 1.19 bits per heavy atom. The number of hydrogen-bond acceptors (Lipinski definition) is 2. The second-order valence-corrected chi connectivity index (χ2v) is 4.26. The van der Waals surface area contributed by atoms with Crippen molar-refractivity contribution in [3.8, 4) is 11.3 Å². The zero-order chi connectivity index (χ0) is 15.6. The van der Waals surface area contributed by atoms with Gasteiger partial charge in [0.25, 0.3) is 6.43 Å². The van der Waals surface area contributed by atoms with Crippen LogP contribution >= 0.6 is 0 Å². The lowest BCUT2D eigenvalue weighted by molar-refractivity contribution is -0.136. The maximum Gasteiger partial charge on any atom is 0.307 e. The number of alkyl halides is 2. The molecule has 2 rings (SSSR count). The standard InChI is InChI=1S/C14H9F4NO2/c15-9-3-8(4-10(16)6-9)13-12(14(17)18)7(1-2-19-13)5-11(20)21/h1-4,6,14H,5H2,(H,20,21). The predicted molar refractivity (Wildman–Crippen MR) is 65.9 cm³/mol. The molecule has 0 spiro atoms. The van der Waals surface area contributed by atoms with Crippen LogP contribution in [0.3, 0.4) is 0 Å². The molecule has 0 amide bonds. The minimum atomic E-state index is -3.02. The van der Waals surface area contributed by atoms with Crippen molar-refractivity contribution in [3.05, 3.63) is 53.2 Å². The molecule has 110 valence electrons. The lowest BCUT2D eigenvalue weighted by Crippen LogP contribution is -2.07. The van der Waals surface area contributed by atoms with E-state index < -0.39 is 36.0 Å². The first-order valence-electron chi connectivity index (χ1n) is 5.82. The van der Waals surface area contributed by atoms with E-state index in [2.05, 4.69) is 4.98 Å². The van der Waals surface area contributed by atoms with E-state index in [1.807, 2.05) is 0 Å². The number of hydrogen-bond donors (Lipinski definition) is 1. The molecule has 1 aromatic heterocycles. The van der Waals surface area contributed by atoms with Crippen LogP contribution in [0.2, 0.25) is 0 Å². The molecule has 0 aliphatic carbocycles. The van der Waals surface area contributed by atoms with Gasteiger partial charge in [-0.25, -0.2) is 17.6 Å². The van der Waals surface area contributed by atoms with E-state index in [-0.39, 0.29) is 16.8 Å². The van der Waals surface area contributed by atoms with Crippen LogP contribution in [0.25, 0.3) is 11.3 Å². The largest absolute Gasteiger partial charge is 0.481 e. The third-order valence-electron chi connectivity index (χ3n) is 2.78. The molecule has 0 aliphatic heterocycles. The van der Waals surface area contributed by atoms with E-state index in [1.54, 1.807) is 0 Å². The Morgan fingerprint density at radius 2 is 1.81 bits per heavy atom. The highest BCUT2D eigenvalue weighted by molar-refractivity contribution is 5.73. The van der Waals surface area contributed by atoms with Crippen molar-refractivity contribution in [3.63, 3.8) is 0 Å². The number of halogens is 4. The molecule has 1 N–H and O–H groups in total. The van der Waals surface area contributed by atoms with Crippen LogP contribution in [-0.4, -0.2) is 16.1 Å². The van der Waals surface area contributed by atoms with Gasteiger partial charge in [0, 0.05) is 23.4 Å². The minimum Gasteiger partial charge on any atom is -0.481 e. The van der Waals surface area contributed by atoms with Crippen LogP contribution in [0.15, 0.2) is 30.5 Å². The first kappa shape index (κ1) is 15.0. The van der Waals surface area contributed by atoms with Crippen molar-refractivity contribution in [2.45, 2.75) is 12.8 Å². The van der Waals surface area contributed by atoms with E-state index in [0.29, 0.717) is 6.07 Å². The second kappa shape index (κ2) is 5.90. The van der Waals surface area contributed by atoms with Crippen LogP contribution in [0.1, 0.15) is 17.6 Å². The number of carboxylic acids is 1. The molecule has 1 heterocycles. The molecule has 2 aromatic rings. The van der Waals surface area contributed by atoms with Gasteiger partial charge < -0.3 is 5.11 Å². The predicted octanol–water partition coefficient (Wildman–Crippen LogP) is 3.59. The van der Waals surface area contributed by atoms with E-state index in [0.717, 1.165) is 24.4 Å². The van der Waals surface area contributed by atoms with Gasteiger partial charge in [-0.2, -0.15) is 0 Å². The lowest BCUT2D eigenvalue weighted by atomic mass is 9.99. The molecule has 7 heteroatoms. The maximum atomic E-state index is 13.2. The maximum absolute atomic E-state index is 13.2. The van der Waals surface area contributed by atoms with Gasteiger partial charge in [-0.3, -0.25) is 9.78 Å². The zero-order valence-electron chi connectivity index (χ0n) is 10.5. The van der Waals surface area contributed by atoms with Crippen molar-refractivity contribution in [1.82, 2.24) is 4.98 Å². The molecule has 0 radical (unpaired) electrons. The van der Waals surface area contributed by atoms with Crippen LogP contribution < -0.4 is 0 Å². The topological polar surface area (TPSA) is 50.2 Å². The van der Waals surface area contributed by atoms with Gasteiger partial charge in [0.1, 0.15) is 11.6 Å². The number of pyridine rings is 1. The summed E-state index contributed by atoms with van der Waals surface area (Å²) in [6, 6.07) is 3.48. The summed E-state index contributed by atoms with van der Waals surface area (Å²) in [7, 11) is 0. The van der Waals surface area contributed by atoms with Gasteiger partial charge in [0.05, 0.1) is 12.1 Å². The fraction of sp³-hybridized carbons (Fsp3) is 0.143. The molecule has 0 aliphatic rings. The third-order valence-corrected chi connectivity index (χ3v) is 2.78. The first-order valence-corrected chi connectivity index (χ1v) is 5.82. The number of benzene rings is 1. The van der Waals surface area contributed by atoms with E-state index >= 15 is 0 Å². The molecule has 1 aromatic carbocycles. The summed E-state index contributed by atoms with van der Waals surface area (Å²) in [6.45, 7) is 0. The number of aliphatic carboxylic acids is 1. The molecule has 0 unspecified atom stereocenters. The number of nitrogens with zero attached hydrogens (tertiary/aromatic N) is 1. The number of carbonyl (C=O) groups is 1. The number of carboxylic acid groups (broad SMARTS) is 1. The molecular formula is C14H9F4NO2. The Labute approximate surface area is 116 Å². The van der Waals surface area contributed by atoms with Crippen molar-refractivity contribution in [1.29, 1.82) is 0 Å². The summed E-state index contributed by atoms with van der Waals surface area (Å²) in [4.78, 5) is 14.4. The highest BCUT2D eigenvalue weighted by atomic mass is 19.3. The summed E-state index contributed by atoms with van der Waals surface area (Å²) in [5.41, 5.74) is -1.28. The Hall–Kier alpha value is -2.44. The number of aromatic nitrogens is 1. The van der Waals surface area contributed by atoms with Crippen LogP contribution in [-0.2, 0) is 11.2 Å². The van der Waals surface area contributed by atoms with Gasteiger partial charge in [-0.1, -0.05) is 0 Å².